The van der Waals surface area contributed by atoms with Crippen LogP contribution < -0.4 is 4.90 Å². The van der Waals surface area contributed by atoms with Crippen molar-refractivity contribution in [1.29, 1.82) is 0 Å². The monoisotopic (exact) mass is 540 g/mol. The minimum Gasteiger partial charge on any atom is -0.310 e. The van der Waals surface area contributed by atoms with Crippen LogP contribution in [0.15, 0.2) is 170 Å². The quantitative estimate of drug-likeness (QED) is 0.202. The van der Waals surface area contributed by atoms with E-state index in [4.69, 9.17) is 10.1 Å². The number of benzene rings is 6. The first kappa shape index (κ1) is 25.2. The van der Waals surface area contributed by atoms with Crippen LogP contribution in [0.25, 0.3) is 39.6 Å². The van der Waals surface area contributed by atoms with Gasteiger partial charge in [-0.2, -0.15) is 0 Å². The molecule has 0 saturated carbocycles. The van der Waals surface area contributed by atoms with E-state index in [1.807, 2.05) is 65.3 Å². The molecule has 0 aliphatic carbocycles. The van der Waals surface area contributed by atoms with Gasteiger partial charge < -0.3 is 4.90 Å². The predicted octanol–water partition coefficient (Wildman–Crippen LogP) is 9.74. The second-order valence-corrected chi connectivity index (χ2v) is 9.97. The zero-order valence-electron chi connectivity index (χ0n) is 23.0. The molecule has 0 N–H and O–H groups in total. The van der Waals surface area contributed by atoms with Crippen LogP contribution in [-0.2, 0) is 0 Å². The maximum atomic E-state index is 4.96. The van der Waals surface area contributed by atoms with E-state index in [1.165, 1.54) is 0 Å². The normalized spacial score (nSPS) is 10.9. The number of hydrogen-bond donors (Lipinski definition) is 0. The molecule has 0 radical (unpaired) electrons. The lowest BCUT2D eigenvalue weighted by Crippen LogP contribution is -2.10. The third-order valence-electron chi connectivity index (χ3n) is 7.27. The fraction of sp³-hybridized carbons (Fsp3) is 0. The van der Waals surface area contributed by atoms with Gasteiger partial charge in [0.1, 0.15) is 0 Å². The molecule has 0 fully saturated rings. The molecule has 4 heteroatoms. The molecule has 7 rings (SSSR count). The third kappa shape index (κ3) is 4.98. The molecule has 1 aromatic heterocycles. The number of nitrogens with zero attached hydrogens (tertiary/aromatic N) is 4. The molecule has 0 saturated heterocycles. The van der Waals surface area contributed by atoms with E-state index in [0.717, 1.165) is 50.8 Å². The summed E-state index contributed by atoms with van der Waals surface area (Å²) in [5.74, 6) is 1.51. The van der Waals surface area contributed by atoms with Crippen molar-refractivity contribution in [2.24, 2.45) is 0 Å². The molecule has 200 valence electrons. The van der Waals surface area contributed by atoms with Crippen LogP contribution in [0, 0.1) is 0 Å². The van der Waals surface area contributed by atoms with Crippen molar-refractivity contribution in [2.45, 2.75) is 0 Å². The van der Waals surface area contributed by atoms with E-state index in [2.05, 4.69) is 114 Å². The zero-order valence-corrected chi connectivity index (χ0v) is 23.0. The Morgan fingerprint density at radius 2 is 0.929 bits per heavy atom. The molecule has 0 spiro atoms. The molecule has 7 aromatic rings. The van der Waals surface area contributed by atoms with E-state index < -0.39 is 0 Å². The van der Waals surface area contributed by atoms with E-state index in [1.54, 1.807) is 0 Å². The Bertz CT molecular complexity index is 1860. The fourth-order valence-electron chi connectivity index (χ4n) is 5.25. The topological polar surface area (TPSA) is 34.0 Å². The van der Waals surface area contributed by atoms with Crippen LogP contribution >= 0.6 is 0 Å². The van der Waals surface area contributed by atoms with E-state index in [0.29, 0.717) is 5.82 Å². The standard InChI is InChI=1S/C38H28N4/c1-5-15-30(16-6-1)37-39-38(31-17-7-2-8-18-31)42(40-37)34-27-25-29(26-28-34)35-23-13-14-24-36(35)41(32-19-9-3-10-20-32)33-21-11-4-12-22-33/h1-28H. The van der Waals surface area contributed by atoms with Gasteiger partial charge in [0.2, 0.25) is 0 Å². The number of aromatic nitrogens is 3. The molecule has 4 nitrogen and oxygen atoms in total. The van der Waals surface area contributed by atoms with Gasteiger partial charge in [0.05, 0.1) is 11.4 Å². The highest BCUT2D eigenvalue weighted by molar-refractivity contribution is 5.88. The van der Waals surface area contributed by atoms with Crippen LogP contribution in [0.2, 0.25) is 0 Å². The van der Waals surface area contributed by atoms with Gasteiger partial charge in [0, 0.05) is 28.1 Å². The van der Waals surface area contributed by atoms with Gasteiger partial charge >= 0.3 is 0 Å². The Kier molecular flexibility index (Phi) is 6.85. The molecule has 0 bridgehead atoms. The molecule has 0 atom stereocenters. The zero-order chi connectivity index (χ0) is 28.1. The second kappa shape index (κ2) is 11.4. The van der Waals surface area contributed by atoms with Crippen molar-refractivity contribution in [2.75, 3.05) is 4.90 Å². The molecule has 0 aliphatic heterocycles. The Labute approximate surface area is 245 Å². The Hall–Kier alpha value is -5.74. The van der Waals surface area contributed by atoms with Gasteiger partial charge in [-0.25, -0.2) is 9.67 Å². The number of para-hydroxylation sites is 3. The van der Waals surface area contributed by atoms with Crippen molar-refractivity contribution in [3.8, 4) is 39.6 Å². The highest BCUT2D eigenvalue weighted by Gasteiger charge is 2.18. The maximum absolute atomic E-state index is 4.96. The second-order valence-electron chi connectivity index (χ2n) is 9.97. The van der Waals surface area contributed by atoms with Crippen molar-refractivity contribution in [1.82, 2.24) is 14.8 Å². The summed E-state index contributed by atoms with van der Waals surface area (Å²) in [5.41, 5.74) is 8.54. The fourth-order valence-corrected chi connectivity index (χ4v) is 5.25. The summed E-state index contributed by atoms with van der Waals surface area (Å²) in [7, 11) is 0. The summed E-state index contributed by atoms with van der Waals surface area (Å²) in [4.78, 5) is 7.26. The lowest BCUT2D eigenvalue weighted by atomic mass is 10.0. The molecular weight excluding hydrogens is 512 g/mol. The number of rotatable bonds is 7. The lowest BCUT2D eigenvalue weighted by molar-refractivity contribution is 0.890. The molecule has 0 unspecified atom stereocenters. The first-order chi connectivity index (χ1) is 20.8. The molecule has 0 amide bonds. The smallest absolute Gasteiger partial charge is 0.182 e. The SMILES string of the molecule is c1ccc(-c2nc(-c3ccccc3)n(-c3ccc(-c4ccccc4N(c4ccccc4)c4ccccc4)cc3)n2)cc1. The first-order valence-electron chi connectivity index (χ1n) is 14.0. The summed E-state index contributed by atoms with van der Waals surface area (Å²) in [6.07, 6.45) is 0. The van der Waals surface area contributed by atoms with Gasteiger partial charge in [0.15, 0.2) is 11.6 Å². The van der Waals surface area contributed by atoms with Gasteiger partial charge in [-0.15, -0.1) is 5.10 Å². The van der Waals surface area contributed by atoms with Crippen molar-refractivity contribution in [3.63, 3.8) is 0 Å². The Balaban J connectivity index is 1.31. The summed E-state index contributed by atoms with van der Waals surface area (Å²) >= 11 is 0. The van der Waals surface area contributed by atoms with Gasteiger partial charge in [-0.3, -0.25) is 0 Å². The van der Waals surface area contributed by atoms with Gasteiger partial charge in [-0.05, 0) is 48.0 Å². The van der Waals surface area contributed by atoms with E-state index >= 15 is 0 Å². The minimum atomic E-state index is 0.699. The average molecular weight is 541 g/mol. The van der Waals surface area contributed by atoms with Crippen LogP contribution in [0.4, 0.5) is 17.1 Å². The Morgan fingerprint density at radius 3 is 1.52 bits per heavy atom. The number of hydrogen-bond acceptors (Lipinski definition) is 3. The molecular formula is C38H28N4. The highest BCUT2D eigenvalue weighted by Crippen LogP contribution is 2.40. The van der Waals surface area contributed by atoms with Crippen molar-refractivity contribution >= 4 is 17.1 Å². The van der Waals surface area contributed by atoms with E-state index in [-0.39, 0.29) is 0 Å². The molecule has 6 aromatic carbocycles. The van der Waals surface area contributed by atoms with Crippen LogP contribution in [0.5, 0.6) is 0 Å². The molecule has 42 heavy (non-hydrogen) atoms. The minimum absolute atomic E-state index is 0.699. The van der Waals surface area contributed by atoms with Crippen LogP contribution in [0.1, 0.15) is 0 Å². The molecule has 1 heterocycles. The molecule has 0 aliphatic rings. The van der Waals surface area contributed by atoms with Crippen molar-refractivity contribution < 1.29 is 0 Å². The van der Waals surface area contributed by atoms with Crippen LogP contribution in [0.3, 0.4) is 0 Å². The largest absolute Gasteiger partial charge is 0.310 e. The third-order valence-corrected chi connectivity index (χ3v) is 7.27. The van der Waals surface area contributed by atoms with Crippen molar-refractivity contribution in [3.05, 3.63) is 170 Å². The maximum Gasteiger partial charge on any atom is 0.182 e. The first-order valence-corrected chi connectivity index (χ1v) is 14.0. The van der Waals surface area contributed by atoms with Gasteiger partial charge in [0.25, 0.3) is 0 Å². The van der Waals surface area contributed by atoms with Crippen LogP contribution in [-0.4, -0.2) is 14.8 Å². The summed E-state index contributed by atoms with van der Waals surface area (Å²) in [6.45, 7) is 0. The Morgan fingerprint density at radius 1 is 0.429 bits per heavy atom. The predicted molar refractivity (Wildman–Crippen MR) is 172 cm³/mol. The average Bonchev–Trinajstić information content (AvgIpc) is 3.53. The summed E-state index contributed by atoms with van der Waals surface area (Å²) < 4.78 is 1.94. The van der Waals surface area contributed by atoms with Gasteiger partial charge in [-0.1, -0.05) is 127 Å². The van der Waals surface area contributed by atoms with E-state index in [9.17, 15) is 0 Å². The summed E-state index contributed by atoms with van der Waals surface area (Å²) in [5, 5.41) is 4.95. The highest BCUT2D eigenvalue weighted by atomic mass is 15.4. The number of anilines is 3. The summed E-state index contributed by atoms with van der Waals surface area (Å²) in [6, 6.07) is 58.5. The lowest BCUT2D eigenvalue weighted by Gasteiger charge is -2.27.